The lowest BCUT2D eigenvalue weighted by Crippen LogP contribution is -2.24. The summed E-state index contributed by atoms with van der Waals surface area (Å²) in [5.74, 6) is 0.263. The average molecular weight is 386 g/mol. The Balaban J connectivity index is 5.19. The number of halogens is 3. The van der Waals surface area contributed by atoms with Gasteiger partial charge in [0.1, 0.15) is 6.10 Å². The first-order valence-corrected chi connectivity index (χ1v) is 8.67. The molecule has 1 atom stereocenters. The van der Waals surface area contributed by atoms with Gasteiger partial charge in [-0.1, -0.05) is 30.9 Å². The zero-order valence-electron chi connectivity index (χ0n) is 16.0. The summed E-state index contributed by atoms with van der Waals surface area (Å²) in [5.41, 5.74) is 0.493. The number of allylic oxidation sites excluding steroid dienone is 1. The second-order valence-corrected chi connectivity index (χ2v) is 5.81. The molecule has 0 bridgehead atoms. The van der Waals surface area contributed by atoms with Crippen LogP contribution in [0.5, 0.6) is 0 Å². The number of hydrogen-bond donors (Lipinski definition) is 0. The van der Waals surface area contributed by atoms with E-state index < -0.39 is 12.3 Å². The van der Waals surface area contributed by atoms with Gasteiger partial charge >= 0.3 is 6.18 Å². The lowest BCUT2D eigenvalue weighted by atomic mass is 10.1. The van der Waals surface area contributed by atoms with Gasteiger partial charge in [-0.2, -0.15) is 13.2 Å². The highest BCUT2D eigenvalue weighted by Gasteiger charge is 2.21. The van der Waals surface area contributed by atoms with Crippen molar-refractivity contribution >= 4 is 12.6 Å². The minimum absolute atomic E-state index is 0.0720. The van der Waals surface area contributed by atoms with Gasteiger partial charge in [-0.25, -0.2) is 0 Å². The van der Waals surface area contributed by atoms with Crippen LogP contribution in [0.2, 0.25) is 0 Å². The van der Waals surface area contributed by atoms with Gasteiger partial charge in [-0.05, 0) is 33.4 Å². The molecule has 0 aromatic heterocycles. The lowest BCUT2D eigenvalue weighted by Gasteiger charge is -2.21. The van der Waals surface area contributed by atoms with Crippen molar-refractivity contribution in [2.75, 3.05) is 19.7 Å². The molecule has 27 heavy (non-hydrogen) atoms. The van der Waals surface area contributed by atoms with E-state index in [0.29, 0.717) is 25.1 Å². The van der Waals surface area contributed by atoms with Crippen molar-refractivity contribution in [3.63, 3.8) is 0 Å². The summed E-state index contributed by atoms with van der Waals surface area (Å²) in [6.45, 7) is 15.7. The van der Waals surface area contributed by atoms with Crippen molar-refractivity contribution in [3.05, 3.63) is 49.1 Å². The van der Waals surface area contributed by atoms with E-state index in [0.717, 1.165) is 6.08 Å². The Kier molecular flexibility index (Phi) is 12.9. The zero-order valence-corrected chi connectivity index (χ0v) is 16.0. The third-order valence-corrected chi connectivity index (χ3v) is 3.00. The molecule has 0 rings (SSSR count). The first kappa shape index (κ1) is 24.8. The fourth-order valence-electron chi connectivity index (χ4n) is 1.85. The Morgan fingerprint density at radius 3 is 2.44 bits per heavy atom. The van der Waals surface area contributed by atoms with Gasteiger partial charge in [0, 0.05) is 18.2 Å². The average Bonchev–Trinajstić information content (AvgIpc) is 2.57. The molecule has 152 valence electrons. The third-order valence-electron chi connectivity index (χ3n) is 3.00. The molecule has 0 spiro atoms. The zero-order chi connectivity index (χ0) is 20.7. The van der Waals surface area contributed by atoms with Gasteiger partial charge in [0.25, 0.3) is 0 Å². The molecule has 1 unspecified atom stereocenters. The second kappa shape index (κ2) is 14.0. The maximum Gasteiger partial charge on any atom is 0.409 e. The molecular weight excluding hydrogens is 357 g/mol. The van der Waals surface area contributed by atoms with Gasteiger partial charge in [0.2, 0.25) is 5.90 Å². The van der Waals surface area contributed by atoms with E-state index >= 15 is 0 Å². The number of hydrogen-bond acceptors (Lipinski definition) is 4. The third kappa shape index (κ3) is 13.7. The van der Waals surface area contributed by atoms with Crippen LogP contribution in [0.1, 0.15) is 26.7 Å². The maximum atomic E-state index is 12.1. The number of alkyl halides is 3. The highest BCUT2D eigenvalue weighted by atomic mass is 19.4. The molecule has 0 amide bonds. The molecule has 0 aliphatic carbocycles. The van der Waals surface area contributed by atoms with Gasteiger partial charge in [-0.15, -0.1) is 6.58 Å². The summed E-state index contributed by atoms with van der Waals surface area (Å²) >= 11 is 0. The van der Waals surface area contributed by atoms with Crippen LogP contribution >= 0.6 is 0 Å². The molecule has 0 aliphatic rings. The highest BCUT2D eigenvalue weighted by molar-refractivity contribution is 5.94. The van der Waals surface area contributed by atoms with Crippen molar-refractivity contribution < 1.29 is 22.6 Å². The van der Waals surface area contributed by atoms with Crippen LogP contribution in [0, 0.1) is 0 Å². The summed E-state index contributed by atoms with van der Waals surface area (Å²) in [6.07, 6.45) is 2.36. The van der Waals surface area contributed by atoms with E-state index in [-0.39, 0.29) is 31.0 Å². The quantitative estimate of drug-likeness (QED) is 0.191. The van der Waals surface area contributed by atoms with Crippen molar-refractivity contribution in [2.24, 2.45) is 9.98 Å². The predicted octanol–water partition coefficient (Wildman–Crippen LogP) is 5.09. The molecule has 4 nitrogen and oxygen atoms in total. The van der Waals surface area contributed by atoms with Crippen LogP contribution in [0.25, 0.3) is 0 Å². The summed E-state index contributed by atoms with van der Waals surface area (Å²) in [5, 5.41) is 0. The Morgan fingerprint density at radius 2 is 1.89 bits per heavy atom. The minimum atomic E-state index is -4.32. The van der Waals surface area contributed by atoms with E-state index in [1.807, 2.05) is 13.8 Å². The van der Waals surface area contributed by atoms with Gasteiger partial charge in [0.15, 0.2) is 0 Å². The van der Waals surface area contributed by atoms with Crippen molar-refractivity contribution in [1.82, 2.24) is 0 Å². The highest BCUT2D eigenvalue weighted by Crippen LogP contribution is 2.16. The number of ether oxygens (including phenoxy) is 2. The molecule has 0 radical (unpaired) electrons. The maximum absolute atomic E-state index is 12.1. The first-order valence-electron chi connectivity index (χ1n) is 8.67. The fourth-order valence-corrected chi connectivity index (χ4v) is 1.85. The van der Waals surface area contributed by atoms with Crippen LogP contribution in [0.4, 0.5) is 13.2 Å². The van der Waals surface area contributed by atoms with Gasteiger partial charge in [0.05, 0.1) is 19.3 Å². The van der Waals surface area contributed by atoms with Gasteiger partial charge in [-0.3, -0.25) is 9.98 Å². The fraction of sp³-hybridized carbons (Fsp3) is 0.500. The van der Waals surface area contributed by atoms with Gasteiger partial charge < -0.3 is 9.47 Å². The van der Waals surface area contributed by atoms with Crippen molar-refractivity contribution in [2.45, 2.75) is 45.1 Å². The summed E-state index contributed by atoms with van der Waals surface area (Å²) in [7, 11) is 0. The molecule has 0 aromatic carbocycles. The molecule has 0 saturated heterocycles. The molecule has 7 heteroatoms. The van der Waals surface area contributed by atoms with Crippen LogP contribution in [0.15, 0.2) is 59.1 Å². The van der Waals surface area contributed by atoms with Crippen LogP contribution in [-0.2, 0) is 9.47 Å². The van der Waals surface area contributed by atoms with E-state index in [4.69, 9.17) is 9.47 Å². The SMILES string of the molecule is C=CCCOC(=NCC/C=C/C(F)(F)F)C(=C)C(C=CCN=C)OC(C)C. The number of aliphatic imine (C=N–C) groups is 2. The Bertz CT molecular complexity index is 550. The second-order valence-electron chi connectivity index (χ2n) is 5.81. The van der Waals surface area contributed by atoms with Crippen molar-refractivity contribution in [3.8, 4) is 0 Å². The number of nitrogens with zero attached hydrogens (tertiary/aromatic N) is 2. The normalized spacial score (nSPS) is 14.1. The van der Waals surface area contributed by atoms with Crippen LogP contribution < -0.4 is 0 Å². The summed E-state index contributed by atoms with van der Waals surface area (Å²) in [4.78, 5) is 8.01. The van der Waals surface area contributed by atoms with E-state index in [9.17, 15) is 13.2 Å². The molecule has 0 N–H and O–H groups in total. The summed E-state index contributed by atoms with van der Waals surface area (Å²) in [6, 6.07) is 0. The standard InChI is InChI=1S/C20H29F3N2O2/c1-6-7-15-26-19(25-14-9-8-12-20(21,22)23)17(4)18(27-16(2)3)11-10-13-24-5/h6,8,10-12,16,18H,1,4-5,7,9,13-15H2,2-3H3/b11-10?,12-8+,25-19?. The number of rotatable bonds is 13. The molecule has 0 fully saturated rings. The monoisotopic (exact) mass is 386 g/mol. The Hall–Kier alpha value is -2.15. The Labute approximate surface area is 159 Å². The predicted molar refractivity (Wildman–Crippen MR) is 106 cm³/mol. The molecule has 0 aromatic rings. The van der Waals surface area contributed by atoms with E-state index in [2.05, 4.69) is 29.9 Å². The minimum Gasteiger partial charge on any atom is -0.477 e. The van der Waals surface area contributed by atoms with Crippen LogP contribution in [-0.4, -0.2) is 50.7 Å². The van der Waals surface area contributed by atoms with E-state index in [1.165, 1.54) is 0 Å². The topological polar surface area (TPSA) is 43.2 Å². The smallest absolute Gasteiger partial charge is 0.409 e. The Morgan fingerprint density at radius 1 is 1.19 bits per heavy atom. The lowest BCUT2D eigenvalue weighted by molar-refractivity contribution is -0.0800. The van der Waals surface area contributed by atoms with Crippen LogP contribution in [0.3, 0.4) is 0 Å². The molecular formula is C20H29F3N2O2. The molecule has 0 aliphatic heterocycles. The molecule has 0 heterocycles. The molecule has 0 saturated carbocycles. The van der Waals surface area contributed by atoms with E-state index in [1.54, 1.807) is 18.2 Å². The van der Waals surface area contributed by atoms with Crippen molar-refractivity contribution in [1.29, 1.82) is 0 Å². The summed E-state index contributed by atoms with van der Waals surface area (Å²) < 4.78 is 47.9. The largest absolute Gasteiger partial charge is 0.477 e. The first-order chi connectivity index (χ1) is 12.7.